The SMILES string of the molecule is COc1cccc(C[NH+]2CCN(S(=O)(=O)c3ccccc3)CC2)c1. The maximum Gasteiger partial charge on any atom is 0.243 e. The second kappa shape index (κ2) is 7.34. The zero-order chi connectivity index (χ0) is 17.0. The summed E-state index contributed by atoms with van der Waals surface area (Å²) >= 11 is 0. The van der Waals surface area contributed by atoms with Crippen molar-refractivity contribution in [1.82, 2.24) is 4.31 Å². The van der Waals surface area contributed by atoms with Crippen LogP contribution in [-0.4, -0.2) is 46.0 Å². The Bertz CT molecular complexity index is 770. The second-order valence-electron chi connectivity index (χ2n) is 6.00. The third kappa shape index (κ3) is 3.77. The molecule has 0 amide bonds. The molecule has 0 aromatic heterocycles. The van der Waals surface area contributed by atoms with Gasteiger partial charge in [-0.2, -0.15) is 4.31 Å². The molecular formula is C18H23N2O3S+. The van der Waals surface area contributed by atoms with Crippen molar-refractivity contribution < 1.29 is 18.1 Å². The lowest BCUT2D eigenvalue weighted by molar-refractivity contribution is -0.917. The van der Waals surface area contributed by atoms with E-state index >= 15 is 0 Å². The number of hydrogen-bond acceptors (Lipinski definition) is 3. The number of nitrogens with one attached hydrogen (secondary N) is 1. The van der Waals surface area contributed by atoms with Gasteiger partial charge in [0, 0.05) is 5.56 Å². The Kier molecular flexibility index (Phi) is 5.18. The fraction of sp³-hybridized carbons (Fsp3) is 0.333. The van der Waals surface area contributed by atoms with Gasteiger partial charge in [-0.25, -0.2) is 8.42 Å². The largest absolute Gasteiger partial charge is 0.497 e. The lowest BCUT2D eigenvalue weighted by Crippen LogP contribution is -3.13. The van der Waals surface area contributed by atoms with Crippen LogP contribution in [0.25, 0.3) is 0 Å². The zero-order valence-corrected chi connectivity index (χ0v) is 14.6. The van der Waals surface area contributed by atoms with Gasteiger partial charge in [0.2, 0.25) is 10.0 Å². The van der Waals surface area contributed by atoms with Crippen LogP contribution in [0, 0.1) is 0 Å². The summed E-state index contributed by atoms with van der Waals surface area (Å²) in [4.78, 5) is 1.77. The highest BCUT2D eigenvalue weighted by molar-refractivity contribution is 7.89. The van der Waals surface area contributed by atoms with E-state index in [0.29, 0.717) is 18.0 Å². The van der Waals surface area contributed by atoms with Gasteiger partial charge in [-0.05, 0) is 24.3 Å². The standard InChI is InChI=1S/C18H22N2O3S/c1-23-17-7-5-6-16(14-17)15-19-10-12-20(13-11-19)24(21,22)18-8-3-2-4-9-18/h2-9,14H,10-13,15H2,1H3/p+1. The number of hydrogen-bond donors (Lipinski definition) is 1. The van der Waals surface area contributed by atoms with Crippen molar-refractivity contribution in [3.63, 3.8) is 0 Å². The Morgan fingerprint density at radius 3 is 2.42 bits per heavy atom. The predicted octanol–water partition coefficient (Wildman–Crippen LogP) is 0.785. The van der Waals surface area contributed by atoms with Crippen LogP contribution in [-0.2, 0) is 16.6 Å². The van der Waals surface area contributed by atoms with E-state index in [4.69, 9.17) is 4.74 Å². The quantitative estimate of drug-likeness (QED) is 0.870. The third-order valence-corrected chi connectivity index (χ3v) is 6.31. The number of piperazine rings is 1. The van der Waals surface area contributed by atoms with Crippen LogP contribution in [0.5, 0.6) is 5.75 Å². The van der Waals surface area contributed by atoms with Gasteiger partial charge in [-0.3, -0.25) is 0 Å². The van der Waals surface area contributed by atoms with E-state index in [2.05, 4.69) is 6.07 Å². The molecule has 0 aliphatic carbocycles. The minimum Gasteiger partial charge on any atom is -0.497 e. The van der Waals surface area contributed by atoms with Crippen molar-refractivity contribution >= 4 is 10.0 Å². The lowest BCUT2D eigenvalue weighted by Gasteiger charge is -2.31. The smallest absolute Gasteiger partial charge is 0.243 e. The van der Waals surface area contributed by atoms with Crippen molar-refractivity contribution in [2.45, 2.75) is 11.4 Å². The van der Waals surface area contributed by atoms with Crippen LogP contribution >= 0.6 is 0 Å². The molecule has 1 fully saturated rings. The van der Waals surface area contributed by atoms with E-state index in [1.807, 2.05) is 24.3 Å². The number of nitrogens with zero attached hydrogens (tertiary/aromatic N) is 1. The van der Waals surface area contributed by atoms with E-state index in [1.54, 1.807) is 35.7 Å². The second-order valence-corrected chi connectivity index (χ2v) is 7.93. The summed E-state index contributed by atoms with van der Waals surface area (Å²) in [5.74, 6) is 0.859. The molecule has 2 aromatic carbocycles. The summed E-state index contributed by atoms with van der Waals surface area (Å²) in [6.45, 7) is 3.61. The molecule has 2 aromatic rings. The summed E-state index contributed by atoms with van der Waals surface area (Å²) in [7, 11) is -1.70. The summed E-state index contributed by atoms with van der Waals surface area (Å²) < 4.78 is 32.1. The van der Waals surface area contributed by atoms with Gasteiger partial charge < -0.3 is 9.64 Å². The summed E-state index contributed by atoms with van der Waals surface area (Å²) in [6, 6.07) is 16.7. The van der Waals surface area contributed by atoms with Gasteiger partial charge in [0.05, 0.1) is 38.2 Å². The van der Waals surface area contributed by atoms with Crippen molar-refractivity contribution in [3.8, 4) is 5.75 Å². The summed E-state index contributed by atoms with van der Waals surface area (Å²) in [5.41, 5.74) is 1.21. The molecule has 24 heavy (non-hydrogen) atoms. The average molecular weight is 347 g/mol. The molecule has 0 saturated carbocycles. The van der Waals surface area contributed by atoms with Gasteiger partial charge in [0.25, 0.3) is 0 Å². The average Bonchev–Trinajstić information content (AvgIpc) is 2.63. The minimum absolute atomic E-state index is 0.376. The van der Waals surface area contributed by atoms with Gasteiger partial charge in [0.1, 0.15) is 12.3 Å². The Morgan fingerprint density at radius 1 is 1.04 bits per heavy atom. The fourth-order valence-corrected chi connectivity index (χ4v) is 4.49. The Morgan fingerprint density at radius 2 is 1.75 bits per heavy atom. The van der Waals surface area contributed by atoms with Crippen LogP contribution in [0.4, 0.5) is 0 Å². The molecule has 1 aliphatic heterocycles. The molecule has 0 bridgehead atoms. The molecule has 5 nitrogen and oxygen atoms in total. The Hall–Kier alpha value is -1.89. The molecule has 1 saturated heterocycles. The van der Waals surface area contributed by atoms with Crippen LogP contribution in [0.1, 0.15) is 5.56 Å². The highest BCUT2D eigenvalue weighted by Crippen LogP contribution is 2.15. The van der Waals surface area contributed by atoms with Crippen molar-refractivity contribution in [2.24, 2.45) is 0 Å². The first-order valence-electron chi connectivity index (χ1n) is 8.11. The van der Waals surface area contributed by atoms with Crippen LogP contribution < -0.4 is 9.64 Å². The highest BCUT2D eigenvalue weighted by atomic mass is 32.2. The number of sulfonamides is 1. The van der Waals surface area contributed by atoms with E-state index < -0.39 is 10.0 Å². The van der Waals surface area contributed by atoms with Crippen LogP contribution in [0.2, 0.25) is 0 Å². The fourth-order valence-electron chi connectivity index (χ4n) is 3.03. The lowest BCUT2D eigenvalue weighted by atomic mass is 10.2. The molecule has 6 heteroatoms. The number of benzene rings is 2. The number of ether oxygens (including phenoxy) is 1. The van der Waals surface area contributed by atoms with Gasteiger partial charge >= 0.3 is 0 Å². The molecule has 128 valence electrons. The van der Waals surface area contributed by atoms with Crippen molar-refractivity contribution in [3.05, 3.63) is 60.2 Å². The Balaban J connectivity index is 1.61. The number of quaternary nitrogens is 1. The predicted molar refractivity (Wildman–Crippen MR) is 92.6 cm³/mol. The van der Waals surface area contributed by atoms with Gasteiger partial charge in [-0.1, -0.05) is 30.3 Å². The summed E-state index contributed by atoms with van der Waals surface area (Å²) in [5, 5.41) is 0. The molecule has 0 unspecified atom stereocenters. The molecule has 1 heterocycles. The van der Waals surface area contributed by atoms with Gasteiger partial charge in [0.15, 0.2) is 0 Å². The van der Waals surface area contributed by atoms with E-state index in [1.165, 1.54) is 10.5 Å². The molecular weight excluding hydrogens is 324 g/mol. The molecule has 0 spiro atoms. The highest BCUT2D eigenvalue weighted by Gasteiger charge is 2.30. The maximum absolute atomic E-state index is 12.6. The molecule has 1 aliphatic rings. The van der Waals surface area contributed by atoms with E-state index in [-0.39, 0.29) is 0 Å². The zero-order valence-electron chi connectivity index (χ0n) is 13.8. The minimum atomic E-state index is -3.37. The molecule has 3 rings (SSSR count). The summed E-state index contributed by atoms with van der Waals surface area (Å²) in [6.07, 6.45) is 0. The Labute approximate surface area is 143 Å². The number of methoxy groups -OCH3 is 1. The monoisotopic (exact) mass is 347 g/mol. The van der Waals surface area contributed by atoms with Crippen molar-refractivity contribution in [1.29, 1.82) is 0 Å². The first kappa shape index (κ1) is 17.0. The number of rotatable bonds is 5. The first-order chi connectivity index (χ1) is 11.6. The van der Waals surface area contributed by atoms with Crippen LogP contribution in [0.15, 0.2) is 59.5 Å². The topological polar surface area (TPSA) is 51.1 Å². The van der Waals surface area contributed by atoms with Crippen LogP contribution in [0.3, 0.4) is 0 Å². The van der Waals surface area contributed by atoms with Crippen molar-refractivity contribution in [2.75, 3.05) is 33.3 Å². The molecule has 1 N–H and O–H groups in total. The normalized spacial score (nSPS) is 16.9. The van der Waals surface area contributed by atoms with E-state index in [9.17, 15) is 8.42 Å². The third-order valence-electron chi connectivity index (χ3n) is 4.40. The molecule has 0 atom stereocenters. The van der Waals surface area contributed by atoms with Gasteiger partial charge in [-0.15, -0.1) is 0 Å². The van der Waals surface area contributed by atoms with E-state index in [0.717, 1.165) is 25.4 Å². The maximum atomic E-state index is 12.6. The first-order valence-corrected chi connectivity index (χ1v) is 9.55. The molecule has 0 radical (unpaired) electrons.